The summed E-state index contributed by atoms with van der Waals surface area (Å²) < 4.78 is 33.6. The highest BCUT2D eigenvalue weighted by Crippen LogP contribution is 2.21. The first kappa shape index (κ1) is 20.9. The Balaban J connectivity index is 1.77. The predicted molar refractivity (Wildman–Crippen MR) is 100 cm³/mol. The molecule has 0 fully saturated rings. The van der Waals surface area contributed by atoms with E-state index in [1.54, 1.807) is 31.5 Å². The molecule has 9 heteroatoms. The Labute approximate surface area is 159 Å². The van der Waals surface area contributed by atoms with E-state index < -0.39 is 10.0 Å². The lowest BCUT2D eigenvalue weighted by molar-refractivity contribution is 0.104. The van der Waals surface area contributed by atoms with Crippen molar-refractivity contribution in [1.29, 1.82) is 0 Å². The average molecular weight is 395 g/mol. The van der Waals surface area contributed by atoms with Gasteiger partial charge in [-0.25, -0.2) is 18.4 Å². The lowest BCUT2D eigenvalue weighted by atomic mass is 10.1. The van der Waals surface area contributed by atoms with Gasteiger partial charge in [-0.1, -0.05) is 12.1 Å². The van der Waals surface area contributed by atoms with Gasteiger partial charge in [0.1, 0.15) is 12.4 Å². The molecule has 0 aliphatic heterocycles. The number of rotatable bonds is 9. The quantitative estimate of drug-likeness (QED) is 0.632. The molecule has 0 spiro atoms. The van der Waals surface area contributed by atoms with Crippen LogP contribution in [-0.4, -0.2) is 39.5 Å². The molecule has 8 nitrogen and oxygen atoms in total. The molecule has 0 bridgehead atoms. The van der Waals surface area contributed by atoms with Crippen molar-refractivity contribution >= 4 is 16.1 Å². The number of nitrogens with one attached hydrogen (secondary N) is 1. The highest BCUT2D eigenvalue weighted by molar-refractivity contribution is 7.89. The number of furan rings is 1. The topological polar surface area (TPSA) is 115 Å². The Morgan fingerprint density at radius 2 is 2.11 bits per heavy atom. The van der Waals surface area contributed by atoms with Crippen molar-refractivity contribution in [1.82, 2.24) is 10.2 Å². The maximum atomic E-state index is 12.3. The van der Waals surface area contributed by atoms with Crippen molar-refractivity contribution < 1.29 is 22.4 Å². The fourth-order valence-corrected chi connectivity index (χ4v) is 2.98. The van der Waals surface area contributed by atoms with Crippen molar-refractivity contribution in [2.45, 2.75) is 30.9 Å². The molecule has 1 aromatic carbocycles. The average Bonchev–Trinajstić information content (AvgIpc) is 3.16. The molecule has 1 heterocycles. The number of hydrogen-bond donors (Lipinski definition) is 2. The van der Waals surface area contributed by atoms with E-state index in [1.165, 1.54) is 17.0 Å². The summed E-state index contributed by atoms with van der Waals surface area (Å²) in [4.78, 5) is 13.8. The van der Waals surface area contributed by atoms with E-state index in [2.05, 4.69) is 5.32 Å². The Morgan fingerprint density at radius 1 is 1.33 bits per heavy atom. The fourth-order valence-electron chi connectivity index (χ4n) is 2.41. The smallest absolute Gasteiger partial charge is 0.317 e. The van der Waals surface area contributed by atoms with E-state index in [9.17, 15) is 13.2 Å². The van der Waals surface area contributed by atoms with Crippen LogP contribution < -0.4 is 10.5 Å². The molecule has 27 heavy (non-hydrogen) atoms. The van der Waals surface area contributed by atoms with Gasteiger partial charge in [0.05, 0.1) is 17.2 Å². The summed E-state index contributed by atoms with van der Waals surface area (Å²) in [5.41, 5.74) is 0.681. The Bertz CT molecular complexity index is 836. The first-order valence-corrected chi connectivity index (χ1v) is 10.1. The van der Waals surface area contributed by atoms with Crippen LogP contribution in [0.15, 0.2) is 52.0 Å². The van der Waals surface area contributed by atoms with Crippen molar-refractivity contribution in [3.8, 4) is 0 Å². The van der Waals surface area contributed by atoms with Gasteiger partial charge in [-0.2, -0.15) is 0 Å². The number of carbonyl (C=O) groups excluding carboxylic acids is 1. The Hall–Kier alpha value is -2.36. The van der Waals surface area contributed by atoms with E-state index in [0.29, 0.717) is 31.7 Å². The summed E-state index contributed by atoms with van der Waals surface area (Å²) in [6, 6.07) is 9.33. The maximum absolute atomic E-state index is 12.3. The predicted octanol–water partition coefficient (Wildman–Crippen LogP) is 2.24. The van der Waals surface area contributed by atoms with Crippen LogP contribution in [0, 0.1) is 0 Å². The van der Waals surface area contributed by atoms with Gasteiger partial charge in [-0.15, -0.1) is 0 Å². The van der Waals surface area contributed by atoms with E-state index in [4.69, 9.17) is 14.3 Å². The number of nitrogens with zero attached hydrogens (tertiary/aromatic N) is 1. The van der Waals surface area contributed by atoms with Crippen LogP contribution in [0.3, 0.4) is 0 Å². The Kier molecular flexibility index (Phi) is 7.40. The molecule has 1 unspecified atom stereocenters. The lowest BCUT2D eigenvalue weighted by Crippen LogP contribution is -2.39. The molecule has 2 amide bonds. The van der Waals surface area contributed by atoms with Crippen molar-refractivity contribution in [2.75, 3.05) is 20.2 Å². The molecule has 0 saturated heterocycles. The van der Waals surface area contributed by atoms with E-state index in [0.717, 1.165) is 5.76 Å². The van der Waals surface area contributed by atoms with Gasteiger partial charge in [0.2, 0.25) is 10.0 Å². The minimum Gasteiger partial charge on any atom is -0.467 e. The summed E-state index contributed by atoms with van der Waals surface area (Å²) in [7, 11) is -2.13. The molecule has 148 valence electrons. The standard InChI is InChI=1S/C18H25N3O5S/c1-14(15-6-3-8-17(12-15)27(19,23)24)21(2)18(22)20-9-5-10-25-13-16-7-4-11-26-16/h3-4,6-8,11-12,14H,5,9-10,13H2,1-2H3,(H,20,22)(H2,19,23,24). The summed E-state index contributed by atoms with van der Waals surface area (Å²) in [5, 5.41) is 7.97. The second-order valence-electron chi connectivity index (χ2n) is 6.12. The third-order valence-corrected chi connectivity index (χ3v) is 5.05. The largest absolute Gasteiger partial charge is 0.467 e. The number of benzene rings is 1. The molecule has 0 radical (unpaired) electrons. The minimum atomic E-state index is -3.78. The first-order chi connectivity index (χ1) is 12.8. The maximum Gasteiger partial charge on any atom is 0.317 e. The van der Waals surface area contributed by atoms with Gasteiger partial charge in [0.25, 0.3) is 0 Å². The van der Waals surface area contributed by atoms with Crippen LogP contribution in [-0.2, 0) is 21.4 Å². The van der Waals surface area contributed by atoms with Gasteiger partial charge < -0.3 is 19.4 Å². The summed E-state index contributed by atoms with van der Waals surface area (Å²) in [5.74, 6) is 0.759. The SMILES string of the molecule is CC(c1cccc(S(N)(=O)=O)c1)N(C)C(=O)NCCCOCc1ccco1. The first-order valence-electron chi connectivity index (χ1n) is 8.52. The summed E-state index contributed by atoms with van der Waals surface area (Å²) >= 11 is 0. The van der Waals surface area contributed by atoms with Crippen LogP contribution in [0.4, 0.5) is 4.79 Å². The highest BCUT2D eigenvalue weighted by Gasteiger charge is 2.18. The third-order valence-electron chi connectivity index (χ3n) is 4.14. The van der Waals surface area contributed by atoms with Crippen molar-refractivity contribution in [3.63, 3.8) is 0 Å². The number of nitrogens with two attached hydrogens (primary N) is 1. The monoisotopic (exact) mass is 395 g/mol. The minimum absolute atomic E-state index is 0.0226. The lowest BCUT2D eigenvalue weighted by Gasteiger charge is -2.26. The molecule has 2 aromatic rings. The van der Waals surface area contributed by atoms with Crippen molar-refractivity contribution in [3.05, 3.63) is 54.0 Å². The van der Waals surface area contributed by atoms with Crippen LogP contribution in [0.5, 0.6) is 0 Å². The summed E-state index contributed by atoms with van der Waals surface area (Å²) in [6.45, 7) is 3.18. The van der Waals surface area contributed by atoms with Crippen LogP contribution >= 0.6 is 0 Å². The number of sulfonamides is 1. The molecular weight excluding hydrogens is 370 g/mol. The molecular formula is C18H25N3O5S. The van der Waals surface area contributed by atoms with Gasteiger partial charge in [-0.05, 0) is 43.2 Å². The zero-order chi connectivity index (χ0) is 19.9. The zero-order valence-electron chi connectivity index (χ0n) is 15.4. The van der Waals surface area contributed by atoms with Crippen molar-refractivity contribution in [2.24, 2.45) is 5.14 Å². The normalized spacial score (nSPS) is 12.6. The summed E-state index contributed by atoms with van der Waals surface area (Å²) in [6.07, 6.45) is 2.25. The van der Waals surface area contributed by atoms with Gasteiger partial charge in [0.15, 0.2) is 0 Å². The third kappa shape index (κ3) is 6.38. The van der Waals surface area contributed by atoms with Gasteiger partial charge in [0, 0.05) is 20.2 Å². The van der Waals surface area contributed by atoms with E-state index in [-0.39, 0.29) is 17.0 Å². The molecule has 2 rings (SSSR count). The number of urea groups is 1. The molecule has 1 aromatic heterocycles. The molecule has 0 saturated carbocycles. The number of primary sulfonamides is 1. The fraction of sp³-hybridized carbons (Fsp3) is 0.389. The van der Waals surface area contributed by atoms with E-state index >= 15 is 0 Å². The number of amides is 2. The van der Waals surface area contributed by atoms with Crippen LogP contribution in [0.25, 0.3) is 0 Å². The Morgan fingerprint density at radius 3 is 2.78 bits per heavy atom. The zero-order valence-corrected chi connectivity index (χ0v) is 16.2. The number of carbonyl (C=O) groups is 1. The van der Waals surface area contributed by atoms with Gasteiger partial charge >= 0.3 is 6.03 Å². The molecule has 1 atom stereocenters. The second kappa shape index (κ2) is 9.54. The molecule has 0 aliphatic rings. The van der Waals surface area contributed by atoms with Gasteiger partial charge in [-0.3, -0.25) is 0 Å². The number of ether oxygens (including phenoxy) is 1. The van der Waals surface area contributed by atoms with Crippen LogP contribution in [0.2, 0.25) is 0 Å². The second-order valence-corrected chi connectivity index (χ2v) is 7.68. The molecule has 0 aliphatic carbocycles. The number of hydrogen-bond acceptors (Lipinski definition) is 5. The molecule has 3 N–H and O–H groups in total. The highest BCUT2D eigenvalue weighted by atomic mass is 32.2. The van der Waals surface area contributed by atoms with Crippen LogP contribution in [0.1, 0.15) is 30.7 Å². The van der Waals surface area contributed by atoms with E-state index in [1.807, 2.05) is 13.0 Å².